The molecule has 0 radical (unpaired) electrons. The van der Waals surface area contributed by atoms with Gasteiger partial charge in [0.2, 0.25) is 0 Å². The van der Waals surface area contributed by atoms with Gasteiger partial charge in [0.05, 0.1) is 31.5 Å². The maximum atomic E-state index is 12.3. The number of hydrogen-bond donors (Lipinski definition) is 0. The predicted octanol–water partition coefficient (Wildman–Crippen LogP) is 4.08. The largest absolute Gasteiger partial charge is 0.497 e. The number of nitrogens with zero attached hydrogens (tertiary/aromatic N) is 4. The molecule has 1 atom stereocenters. The van der Waals surface area contributed by atoms with Gasteiger partial charge in [0.25, 0.3) is 0 Å². The quantitative estimate of drug-likeness (QED) is 0.576. The molecule has 0 bridgehead atoms. The number of benzene rings is 2. The maximum Gasteiger partial charge on any atom is 0.308 e. The topological polar surface area (TPSA) is 78.6 Å². The molecule has 7 nitrogen and oxygen atoms in total. The smallest absolute Gasteiger partial charge is 0.308 e. The zero-order chi connectivity index (χ0) is 21.3. The van der Waals surface area contributed by atoms with E-state index in [2.05, 4.69) is 10.2 Å². The van der Waals surface area contributed by atoms with Gasteiger partial charge in [-0.2, -0.15) is 0 Å². The monoisotopic (exact) mass is 424 g/mol. The molecular weight excluding hydrogens is 404 g/mol. The fourth-order valence-electron chi connectivity index (χ4n) is 3.55. The van der Waals surface area contributed by atoms with Crippen LogP contribution in [0.25, 0.3) is 5.69 Å². The van der Waals surface area contributed by atoms with Crippen molar-refractivity contribution in [1.29, 1.82) is 0 Å². The second-order valence-electron chi connectivity index (χ2n) is 6.83. The van der Waals surface area contributed by atoms with Gasteiger partial charge in [-0.05, 0) is 44.2 Å². The number of aromatic nitrogens is 3. The molecular formula is C22H21ClN4O3. The summed E-state index contributed by atoms with van der Waals surface area (Å²) in [7, 11) is 1.62. The Morgan fingerprint density at radius 1 is 1.17 bits per heavy atom. The van der Waals surface area contributed by atoms with Crippen molar-refractivity contribution in [1.82, 2.24) is 14.8 Å². The van der Waals surface area contributed by atoms with E-state index in [1.807, 2.05) is 54.0 Å². The molecule has 0 spiro atoms. The number of carbonyl (C=O) groups excluding carboxylic acids is 1. The van der Waals surface area contributed by atoms with Crippen molar-refractivity contribution < 1.29 is 14.3 Å². The average Bonchev–Trinajstić information content (AvgIpc) is 3.06. The number of carbonyl (C=O) groups is 1. The minimum absolute atomic E-state index is 0.0637. The molecule has 2 aromatic carbocycles. The van der Waals surface area contributed by atoms with Crippen LogP contribution in [-0.2, 0) is 9.53 Å². The first-order valence-electron chi connectivity index (χ1n) is 9.62. The van der Waals surface area contributed by atoms with E-state index in [1.54, 1.807) is 14.0 Å². The van der Waals surface area contributed by atoms with E-state index in [1.165, 1.54) is 0 Å². The van der Waals surface area contributed by atoms with Gasteiger partial charge >= 0.3 is 5.97 Å². The molecule has 30 heavy (non-hydrogen) atoms. The Labute approximate surface area is 179 Å². The van der Waals surface area contributed by atoms with E-state index in [-0.39, 0.29) is 12.4 Å². The first kappa shape index (κ1) is 20.1. The molecule has 0 saturated carbocycles. The summed E-state index contributed by atoms with van der Waals surface area (Å²) in [6, 6.07) is 12.7. The first-order valence-corrected chi connectivity index (χ1v) is 9.99. The number of rotatable bonds is 5. The fraction of sp³-hybridized carbons (Fsp3) is 0.273. The second-order valence-corrected chi connectivity index (χ2v) is 7.27. The van der Waals surface area contributed by atoms with Gasteiger partial charge < -0.3 is 9.47 Å². The summed E-state index contributed by atoms with van der Waals surface area (Å²) in [5, 5.41) is 9.21. The Kier molecular flexibility index (Phi) is 5.55. The van der Waals surface area contributed by atoms with Gasteiger partial charge in [0.1, 0.15) is 17.6 Å². The van der Waals surface area contributed by atoms with Crippen LogP contribution in [0.4, 0.5) is 0 Å². The number of fused-ring (bicyclic) bond motifs is 3. The van der Waals surface area contributed by atoms with Crippen LogP contribution in [0.1, 0.15) is 42.2 Å². The zero-order valence-corrected chi connectivity index (χ0v) is 17.7. The molecule has 1 aliphatic heterocycles. The normalized spacial score (nSPS) is 14.9. The highest BCUT2D eigenvalue weighted by Gasteiger charge is 2.30. The summed E-state index contributed by atoms with van der Waals surface area (Å²) < 4.78 is 12.6. The lowest BCUT2D eigenvalue weighted by molar-refractivity contribution is -0.143. The van der Waals surface area contributed by atoms with Crippen molar-refractivity contribution in [3.8, 4) is 11.4 Å². The molecule has 0 aliphatic carbocycles. The molecule has 1 unspecified atom stereocenters. The highest BCUT2D eigenvalue weighted by molar-refractivity contribution is 6.30. The van der Waals surface area contributed by atoms with Crippen molar-refractivity contribution in [2.75, 3.05) is 13.7 Å². The van der Waals surface area contributed by atoms with Crippen LogP contribution in [0.2, 0.25) is 5.02 Å². The summed E-state index contributed by atoms with van der Waals surface area (Å²) in [5.74, 6) is 1.66. The number of aliphatic imine (C=N–C) groups is 1. The van der Waals surface area contributed by atoms with Crippen LogP contribution < -0.4 is 4.74 Å². The van der Waals surface area contributed by atoms with E-state index >= 15 is 0 Å². The Bertz CT molecular complexity index is 1120. The lowest BCUT2D eigenvalue weighted by Gasteiger charge is -2.14. The average molecular weight is 425 g/mol. The minimum Gasteiger partial charge on any atom is -0.497 e. The highest BCUT2D eigenvalue weighted by Crippen LogP contribution is 2.34. The lowest BCUT2D eigenvalue weighted by atomic mass is 10.00. The van der Waals surface area contributed by atoms with Crippen molar-refractivity contribution in [2.24, 2.45) is 4.99 Å². The number of methoxy groups -OCH3 is 1. The van der Waals surface area contributed by atoms with Crippen molar-refractivity contribution >= 4 is 23.3 Å². The molecule has 4 rings (SSSR count). The SMILES string of the molecule is CCOC(=O)CC1N=C(c2ccc(Cl)cc2)c2cc(OC)ccc2-n2c(C)nnc21. The van der Waals surface area contributed by atoms with Crippen molar-refractivity contribution in [3.05, 3.63) is 70.3 Å². The summed E-state index contributed by atoms with van der Waals surface area (Å²) in [6.07, 6.45) is 0.0637. The Balaban J connectivity index is 1.96. The number of aryl methyl sites for hydroxylation is 1. The molecule has 2 heterocycles. The number of ether oxygens (including phenoxy) is 2. The lowest BCUT2D eigenvalue weighted by Crippen LogP contribution is -2.13. The molecule has 0 saturated heterocycles. The van der Waals surface area contributed by atoms with Crippen LogP contribution in [-0.4, -0.2) is 40.2 Å². The standard InChI is InChI=1S/C22H21ClN4O3/c1-4-30-20(28)12-18-22-26-25-13(2)27(22)19-10-9-16(29-3)11-17(19)21(24-18)14-5-7-15(23)8-6-14/h5-11,18H,4,12H2,1-3H3. The van der Waals surface area contributed by atoms with Gasteiger partial charge in [-0.15, -0.1) is 10.2 Å². The first-order chi connectivity index (χ1) is 14.5. The van der Waals surface area contributed by atoms with Gasteiger partial charge in [0.15, 0.2) is 5.82 Å². The van der Waals surface area contributed by atoms with E-state index < -0.39 is 6.04 Å². The Morgan fingerprint density at radius 2 is 1.93 bits per heavy atom. The van der Waals surface area contributed by atoms with E-state index in [9.17, 15) is 4.79 Å². The Hall–Kier alpha value is -3.19. The molecule has 1 aliphatic rings. The van der Waals surface area contributed by atoms with Gasteiger partial charge in [0, 0.05) is 16.1 Å². The predicted molar refractivity (Wildman–Crippen MR) is 114 cm³/mol. The third kappa shape index (κ3) is 3.68. The maximum absolute atomic E-state index is 12.3. The fourth-order valence-corrected chi connectivity index (χ4v) is 3.68. The zero-order valence-electron chi connectivity index (χ0n) is 16.9. The third-order valence-electron chi connectivity index (χ3n) is 4.92. The van der Waals surface area contributed by atoms with Crippen LogP contribution >= 0.6 is 11.6 Å². The number of hydrogen-bond acceptors (Lipinski definition) is 6. The molecule has 3 aromatic rings. The van der Waals surface area contributed by atoms with Crippen LogP contribution in [0.15, 0.2) is 47.5 Å². The minimum atomic E-state index is -0.547. The van der Waals surface area contributed by atoms with E-state index in [4.69, 9.17) is 26.1 Å². The van der Waals surface area contributed by atoms with Crippen molar-refractivity contribution in [2.45, 2.75) is 26.3 Å². The third-order valence-corrected chi connectivity index (χ3v) is 5.17. The second kappa shape index (κ2) is 8.28. The van der Waals surface area contributed by atoms with Gasteiger partial charge in [-0.1, -0.05) is 23.7 Å². The Morgan fingerprint density at radius 3 is 2.63 bits per heavy atom. The molecule has 154 valence electrons. The summed E-state index contributed by atoms with van der Waals surface area (Å²) in [5.41, 5.74) is 3.32. The van der Waals surface area contributed by atoms with Gasteiger partial charge in [-0.3, -0.25) is 14.4 Å². The van der Waals surface area contributed by atoms with E-state index in [0.29, 0.717) is 29.0 Å². The molecule has 0 amide bonds. The summed E-state index contributed by atoms with van der Waals surface area (Å²) >= 11 is 6.10. The molecule has 0 fully saturated rings. The highest BCUT2D eigenvalue weighted by atomic mass is 35.5. The van der Waals surface area contributed by atoms with Crippen LogP contribution in [0, 0.1) is 6.92 Å². The van der Waals surface area contributed by atoms with Gasteiger partial charge in [-0.25, -0.2) is 0 Å². The molecule has 0 N–H and O–H groups in total. The van der Waals surface area contributed by atoms with Crippen LogP contribution in [0.3, 0.4) is 0 Å². The molecule has 8 heteroatoms. The number of esters is 1. The van der Waals surface area contributed by atoms with E-state index in [0.717, 1.165) is 22.5 Å². The summed E-state index contributed by atoms with van der Waals surface area (Å²) in [6.45, 7) is 3.96. The molecule has 1 aromatic heterocycles. The number of halogens is 1. The van der Waals surface area contributed by atoms with Crippen LogP contribution in [0.5, 0.6) is 5.75 Å². The van der Waals surface area contributed by atoms with Crippen molar-refractivity contribution in [3.63, 3.8) is 0 Å². The summed E-state index contributed by atoms with van der Waals surface area (Å²) in [4.78, 5) is 17.3.